The summed E-state index contributed by atoms with van der Waals surface area (Å²) in [6.07, 6.45) is 3.09. The van der Waals surface area contributed by atoms with E-state index in [1.54, 1.807) is 0 Å². The molecule has 14 heavy (non-hydrogen) atoms. The summed E-state index contributed by atoms with van der Waals surface area (Å²) in [5.41, 5.74) is 3.95. The predicted octanol–water partition coefficient (Wildman–Crippen LogP) is 1.27. The van der Waals surface area contributed by atoms with Crippen LogP contribution in [-0.4, -0.2) is 35.3 Å². The molecule has 1 saturated heterocycles. The van der Waals surface area contributed by atoms with E-state index in [2.05, 4.69) is 24.9 Å². The van der Waals surface area contributed by atoms with Gasteiger partial charge in [-0.1, -0.05) is 18.0 Å². The molecule has 0 bridgehead atoms. The molecule has 0 spiro atoms. The molecule has 3 heteroatoms. The quantitative estimate of drug-likeness (QED) is 0.548. The number of rotatable bonds is 5. The highest BCUT2D eigenvalue weighted by Crippen LogP contribution is 2.07. The number of nitrogens with one attached hydrogen (secondary N) is 1. The van der Waals surface area contributed by atoms with E-state index in [-0.39, 0.29) is 9.52 Å². The minimum absolute atomic E-state index is 0.0793. The molecule has 1 atom stereocenters. The molecule has 1 N–H and O–H groups in total. The number of hydrogen-bond acceptors (Lipinski definition) is 2. The zero-order valence-electron chi connectivity index (χ0n) is 9.51. The molecule has 1 heterocycles. The van der Waals surface area contributed by atoms with Gasteiger partial charge in [0, 0.05) is 22.6 Å². The average Bonchev–Trinajstić information content (AvgIpc) is 2.18. The molecule has 82 valence electrons. The van der Waals surface area contributed by atoms with E-state index in [0.29, 0.717) is 6.10 Å². The van der Waals surface area contributed by atoms with E-state index in [1.807, 2.05) is 0 Å². The van der Waals surface area contributed by atoms with Crippen molar-refractivity contribution in [2.24, 2.45) is 0 Å². The van der Waals surface area contributed by atoms with Crippen LogP contribution in [0.1, 0.15) is 26.7 Å². The van der Waals surface area contributed by atoms with Crippen molar-refractivity contribution in [3.05, 3.63) is 11.3 Å². The zero-order valence-corrected chi connectivity index (χ0v) is 10.9. The number of allylic oxidation sites excluding steroid dienone is 1. The molecule has 0 aliphatic carbocycles. The van der Waals surface area contributed by atoms with Crippen molar-refractivity contribution in [3.63, 3.8) is 0 Å². The highest BCUT2D eigenvalue weighted by molar-refractivity contribution is 6.42. The summed E-state index contributed by atoms with van der Waals surface area (Å²) in [6.45, 7) is 7.38. The summed E-state index contributed by atoms with van der Waals surface area (Å²) in [7, 11) is 0.0793. The van der Waals surface area contributed by atoms with Gasteiger partial charge in [-0.25, -0.2) is 0 Å². The van der Waals surface area contributed by atoms with Gasteiger partial charge in [0.2, 0.25) is 0 Å². The Bertz CT molecular complexity index is 172. The first kappa shape index (κ1) is 11.9. The molecule has 0 amide bonds. The van der Waals surface area contributed by atoms with Gasteiger partial charge in [-0.3, -0.25) is 0 Å². The number of morpholine rings is 1. The van der Waals surface area contributed by atoms with Gasteiger partial charge in [0.05, 0.1) is 12.7 Å². The lowest BCUT2D eigenvalue weighted by atomic mass is 10.2. The van der Waals surface area contributed by atoms with Crippen molar-refractivity contribution in [2.45, 2.75) is 38.8 Å². The topological polar surface area (TPSA) is 21.3 Å². The fourth-order valence-electron chi connectivity index (χ4n) is 1.71. The molecule has 1 unspecified atom stereocenters. The van der Waals surface area contributed by atoms with Crippen LogP contribution in [-0.2, 0) is 4.74 Å². The molecule has 1 aliphatic heterocycles. The van der Waals surface area contributed by atoms with Crippen LogP contribution in [0.5, 0.6) is 0 Å². The van der Waals surface area contributed by atoms with E-state index in [1.165, 1.54) is 24.5 Å². The van der Waals surface area contributed by atoms with Gasteiger partial charge in [0.25, 0.3) is 0 Å². The third-order valence-electron chi connectivity index (χ3n) is 2.54. The Kier molecular flexibility index (Phi) is 6.15. The second-order valence-electron chi connectivity index (χ2n) is 4.26. The van der Waals surface area contributed by atoms with E-state index < -0.39 is 0 Å². The minimum Gasteiger partial charge on any atom is -0.376 e. The lowest BCUT2D eigenvalue weighted by Gasteiger charge is -2.23. The van der Waals surface area contributed by atoms with Crippen LogP contribution in [0.2, 0.25) is 6.04 Å². The minimum atomic E-state index is 0.0793. The normalized spacial score (nSPS) is 22.9. The van der Waals surface area contributed by atoms with E-state index in [0.717, 1.165) is 19.7 Å². The van der Waals surface area contributed by atoms with Crippen LogP contribution in [0.25, 0.3) is 0 Å². The summed E-state index contributed by atoms with van der Waals surface area (Å²) < 4.78 is 5.64. The lowest BCUT2D eigenvalue weighted by Crippen LogP contribution is -2.38. The Labute approximate surface area is 89.9 Å². The summed E-state index contributed by atoms with van der Waals surface area (Å²) in [6, 6.07) is 1.44. The number of hydrogen-bond donors (Lipinski definition) is 1. The van der Waals surface area contributed by atoms with Crippen molar-refractivity contribution < 1.29 is 4.74 Å². The second-order valence-corrected chi connectivity index (χ2v) is 5.96. The Morgan fingerprint density at radius 2 is 2.43 bits per heavy atom. The average molecular weight is 213 g/mol. The van der Waals surface area contributed by atoms with Crippen LogP contribution in [0, 0.1) is 0 Å². The van der Waals surface area contributed by atoms with Crippen LogP contribution >= 0.6 is 0 Å². The summed E-state index contributed by atoms with van der Waals surface area (Å²) in [5.74, 6) is 0. The fraction of sp³-hybridized carbons (Fsp3) is 0.818. The van der Waals surface area contributed by atoms with Crippen molar-refractivity contribution >= 4 is 9.52 Å². The first-order valence-corrected chi connectivity index (χ1v) is 7.56. The maximum Gasteiger partial charge on any atom is 0.0700 e. The van der Waals surface area contributed by atoms with Crippen molar-refractivity contribution in [3.8, 4) is 0 Å². The SMILES string of the molecule is CC(C)=C[SiH2]CCCC1CNCCO1. The van der Waals surface area contributed by atoms with Crippen LogP contribution in [0.4, 0.5) is 0 Å². The highest BCUT2D eigenvalue weighted by Gasteiger charge is 2.11. The Morgan fingerprint density at radius 1 is 1.57 bits per heavy atom. The van der Waals surface area contributed by atoms with Gasteiger partial charge in [0.1, 0.15) is 0 Å². The van der Waals surface area contributed by atoms with E-state index >= 15 is 0 Å². The summed E-state index contributed by atoms with van der Waals surface area (Å²) >= 11 is 0. The standard InChI is InChI=1S/C11H23NOSi/c1-10(2)9-14-7-3-4-11-8-12-5-6-13-11/h9,11-12H,3-8,14H2,1-2H3. The maximum absolute atomic E-state index is 5.64. The van der Waals surface area contributed by atoms with Gasteiger partial charge in [-0.2, -0.15) is 0 Å². The fourth-order valence-corrected chi connectivity index (χ4v) is 3.07. The monoisotopic (exact) mass is 213 g/mol. The first-order valence-electron chi connectivity index (χ1n) is 5.74. The molecule has 1 fully saturated rings. The lowest BCUT2D eigenvalue weighted by molar-refractivity contribution is 0.0232. The van der Waals surface area contributed by atoms with Gasteiger partial charge < -0.3 is 10.1 Å². The molecular formula is C11H23NOSi. The van der Waals surface area contributed by atoms with Crippen molar-refractivity contribution in [2.75, 3.05) is 19.7 Å². The molecule has 0 aromatic carbocycles. The molecular weight excluding hydrogens is 190 g/mol. The summed E-state index contributed by atoms with van der Waals surface area (Å²) in [5, 5.41) is 3.37. The molecule has 2 nitrogen and oxygen atoms in total. The van der Waals surface area contributed by atoms with Gasteiger partial charge in [0.15, 0.2) is 0 Å². The van der Waals surface area contributed by atoms with Gasteiger partial charge in [-0.05, 0) is 20.3 Å². The van der Waals surface area contributed by atoms with Crippen LogP contribution < -0.4 is 5.32 Å². The van der Waals surface area contributed by atoms with Crippen molar-refractivity contribution in [1.82, 2.24) is 5.32 Å². The third-order valence-corrected chi connectivity index (χ3v) is 4.55. The van der Waals surface area contributed by atoms with E-state index in [4.69, 9.17) is 4.74 Å². The van der Waals surface area contributed by atoms with Crippen molar-refractivity contribution in [1.29, 1.82) is 0 Å². The Morgan fingerprint density at radius 3 is 3.07 bits per heavy atom. The molecule has 1 rings (SSSR count). The molecule has 0 aromatic heterocycles. The Balaban J connectivity index is 1.95. The third kappa shape index (κ3) is 5.57. The maximum atomic E-state index is 5.64. The van der Waals surface area contributed by atoms with Crippen LogP contribution in [0.3, 0.4) is 0 Å². The largest absolute Gasteiger partial charge is 0.376 e. The van der Waals surface area contributed by atoms with Crippen LogP contribution in [0.15, 0.2) is 11.3 Å². The summed E-state index contributed by atoms with van der Waals surface area (Å²) in [4.78, 5) is 0. The zero-order chi connectivity index (χ0) is 10.2. The van der Waals surface area contributed by atoms with Gasteiger partial charge >= 0.3 is 0 Å². The number of ether oxygens (including phenoxy) is 1. The smallest absolute Gasteiger partial charge is 0.0700 e. The molecule has 0 aromatic rings. The molecule has 1 aliphatic rings. The second kappa shape index (κ2) is 7.21. The molecule has 0 saturated carbocycles. The van der Waals surface area contributed by atoms with E-state index in [9.17, 15) is 0 Å². The molecule has 0 radical (unpaired) electrons. The first-order chi connectivity index (χ1) is 6.79. The predicted molar refractivity (Wildman–Crippen MR) is 64.6 cm³/mol. The van der Waals surface area contributed by atoms with Gasteiger partial charge in [-0.15, -0.1) is 5.70 Å². The Hall–Kier alpha value is -0.123. The highest BCUT2D eigenvalue weighted by atomic mass is 28.2.